The zero-order chi connectivity index (χ0) is 62.8. The molecule has 466 valence electrons. The summed E-state index contributed by atoms with van der Waals surface area (Å²) in [5, 5.41) is 20.4. The van der Waals surface area contributed by atoms with Crippen LogP contribution in [0.1, 0.15) is 127 Å². The summed E-state index contributed by atoms with van der Waals surface area (Å²) in [5.41, 5.74) is 11.1. The van der Waals surface area contributed by atoms with E-state index in [1.165, 1.54) is 24.3 Å². The van der Waals surface area contributed by atoms with Crippen molar-refractivity contribution in [1.29, 1.82) is 0 Å². The summed E-state index contributed by atoms with van der Waals surface area (Å²) in [6, 6.07) is 12.5. The number of aliphatic carboxylic acids is 1. The number of aryl methyl sites for hydroxylation is 2. The van der Waals surface area contributed by atoms with Crippen LogP contribution >= 0.6 is 23.2 Å². The van der Waals surface area contributed by atoms with Gasteiger partial charge in [0.1, 0.15) is 17.2 Å². The molecule has 10 rings (SSSR count). The van der Waals surface area contributed by atoms with Gasteiger partial charge in [-0.1, -0.05) is 23.2 Å². The predicted octanol–water partition coefficient (Wildman–Crippen LogP) is 8.13. The monoisotopic (exact) mass is 1280 g/mol. The number of hydrogen-bond donors (Lipinski definition) is 5. The number of carbonyl (C=O) groups is 4. The number of ether oxygens (including phenoxy) is 1. The maximum Gasteiger partial charge on any atom is 0.490 e. The van der Waals surface area contributed by atoms with E-state index in [0.29, 0.717) is 53.1 Å². The van der Waals surface area contributed by atoms with Gasteiger partial charge < -0.3 is 40.5 Å². The highest BCUT2D eigenvalue weighted by Gasteiger charge is 2.39. The molecule has 0 spiro atoms. The molecule has 6 aromatic rings. The van der Waals surface area contributed by atoms with E-state index in [0.717, 1.165) is 106 Å². The molecule has 24 nitrogen and oxygen atoms in total. The number of hydrogen-bond acceptors (Lipinski definition) is 16. The average molecular weight is 1280 g/mol. The van der Waals surface area contributed by atoms with Crippen LogP contribution in [0.3, 0.4) is 0 Å². The van der Waals surface area contributed by atoms with E-state index in [1.54, 1.807) is 31.0 Å². The molecule has 4 aromatic heterocycles. The maximum absolute atomic E-state index is 13.9. The first-order valence-electron chi connectivity index (χ1n) is 27.7. The van der Waals surface area contributed by atoms with Crippen LogP contribution in [-0.2, 0) is 29.6 Å². The number of alkyl halides is 3. The van der Waals surface area contributed by atoms with Crippen LogP contribution in [-0.4, -0.2) is 160 Å². The highest BCUT2D eigenvalue weighted by Crippen LogP contribution is 2.37. The van der Waals surface area contributed by atoms with Gasteiger partial charge in [-0.3, -0.25) is 19.0 Å². The van der Waals surface area contributed by atoms with E-state index in [-0.39, 0.29) is 58.5 Å². The third-order valence-electron chi connectivity index (χ3n) is 14.4. The Morgan fingerprint density at radius 2 is 1.09 bits per heavy atom. The van der Waals surface area contributed by atoms with E-state index in [9.17, 15) is 44.4 Å². The number of sulfonamides is 2. The van der Waals surface area contributed by atoms with Crippen molar-refractivity contribution in [2.75, 3.05) is 71.0 Å². The third-order valence-corrected chi connectivity index (χ3v) is 16.1. The molecule has 4 atom stereocenters. The maximum atomic E-state index is 13.9. The van der Waals surface area contributed by atoms with Crippen LogP contribution in [0.2, 0.25) is 10.0 Å². The molecule has 2 aromatic carbocycles. The minimum atomic E-state index is -5.08. The number of halogens is 5. The second-order valence-electron chi connectivity index (χ2n) is 22.8. The first kappa shape index (κ1) is 64.8. The van der Waals surface area contributed by atoms with Gasteiger partial charge in [-0.25, -0.2) is 45.4 Å². The number of alkyl carbamates (subject to hydrolysis) is 1. The van der Waals surface area contributed by atoms with Crippen molar-refractivity contribution in [1.82, 2.24) is 44.3 Å². The predicted molar refractivity (Wildman–Crippen MR) is 319 cm³/mol. The van der Waals surface area contributed by atoms with Gasteiger partial charge in [-0.15, -0.1) is 0 Å². The topological polar surface area (TPSA) is 301 Å². The molecule has 31 heteroatoms. The fourth-order valence-electron chi connectivity index (χ4n) is 10.8. The molecular formula is C55H69Cl2F3N14O10S2. The molecule has 0 unspecified atom stereocenters. The number of rotatable bonds is 11. The Morgan fingerprint density at radius 1 is 0.663 bits per heavy atom. The fourth-order valence-corrected chi connectivity index (χ4v) is 12.3. The number of aromatic nitrogens is 6. The lowest BCUT2D eigenvalue weighted by Crippen LogP contribution is -2.40. The van der Waals surface area contributed by atoms with Gasteiger partial charge in [0.05, 0.1) is 64.5 Å². The van der Waals surface area contributed by atoms with Crippen molar-refractivity contribution in [2.45, 2.75) is 122 Å². The molecule has 4 aliphatic rings. The summed E-state index contributed by atoms with van der Waals surface area (Å²) in [5.74, 6) is -1.64. The highest BCUT2D eigenvalue weighted by atomic mass is 35.5. The van der Waals surface area contributed by atoms with Crippen molar-refractivity contribution < 1.29 is 59.0 Å². The van der Waals surface area contributed by atoms with Crippen molar-refractivity contribution >= 4 is 101 Å². The van der Waals surface area contributed by atoms with Gasteiger partial charge in [0.15, 0.2) is 11.3 Å². The van der Waals surface area contributed by atoms with Gasteiger partial charge in [0, 0.05) is 91.0 Å². The Kier molecular flexibility index (Phi) is 19.6. The molecule has 0 aliphatic carbocycles. The van der Waals surface area contributed by atoms with Crippen LogP contribution in [0, 0.1) is 13.8 Å². The standard InChI is InChI=1S/C29H38ClN7O5S.C24H30ClN7O3S.C2HF3O2/c1-18-16-37-25(32-26(18)35-13-11-20(17-35)31-28(39)42-29(2,3)4)15-23(33-37)24-8-6-7-12-36(24)27(38)21-14-19(30)9-10-22(21)34-43(5,40)41;1-15-13-32-22(27-23(15)30-10-8-17(26)14-30)12-20(28-32)21-5-3-4-9-31(21)24(33)18-11-16(25)6-7-19(18)29-36(2,34)35;3-2(4,5)1(6)7/h9-10,14-16,20,24,34H,6-8,11-13,17H2,1-5H3,(H,31,39);6-7,11-13,17,21,29H,3-5,8-10,14,26H2,1-2H3;(H,6,7)/t20-,24-;17-,21-;/m00./s1. The molecule has 0 bridgehead atoms. The molecule has 3 amide bonds. The number of carbonyl (C=O) groups excluding carboxylic acids is 3. The van der Waals surface area contributed by atoms with E-state index < -0.39 is 43.9 Å². The van der Waals surface area contributed by atoms with Crippen LogP contribution in [0.15, 0.2) is 60.9 Å². The minimum absolute atomic E-state index is 0.0527. The number of benzene rings is 2. The first-order valence-corrected chi connectivity index (χ1v) is 32.2. The lowest BCUT2D eigenvalue weighted by molar-refractivity contribution is -0.192. The number of likely N-dealkylation sites (tertiary alicyclic amines) is 2. The highest BCUT2D eigenvalue weighted by molar-refractivity contribution is 7.92. The van der Waals surface area contributed by atoms with Gasteiger partial charge in [0.2, 0.25) is 20.0 Å². The lowest BCUT2D eigenvalue weighted by atomic mass is 9.98. The van der Waals surface area contributed by atoms with Gasteiger partial charge >= 0.3 is 18.2 Å². The van der Waals surface area contributed by atoms with E-state index in [4.69, 9.17) is 63.7 Å². The summed E-state index contributed by atoms with van der Waals surface area (Å²) in [7, 11) is -7.19. The summed E-state index contributed by atoms with van der Waals surface area (Å²) in [6.45, 7) is 13.5. The Hall–Kier alpha value is -7.21. The molecule has 4 saturated heterocycles. The zero-order valence-electron chi connectivity index (χ0n) is 48.4. The second kappa shape index (κ2) is 26.0. The third kappa shape index (κ3) is 16.4. The minimum Gasteiger partial charge on any atom is -0.475 e. The Morgan fingerprint density at radius 3 is 1.49 bits per heavy atom. The molecular weight excluding hydrogens is 1210 g/mol. The Balaban J connectivity index is 0.000000203. The smallest absolute Gasteiger partial charge is 0.475 e. The Bertz CT molecular complexity index is 3770. The number of anilines is 4. The van der Waals surface area contributed by atoms with Crippen molar-refractivity contribution in [2.24, 2.45) is 5.73 Å². The van der Waals surface area contributed by atoms with E-state index in [1.807, 2.05) is 59.1 Å². The second-order valence-corrected chi connectivity index (χ2v) is 27.1. The summed E-state index contributed by atoms with van der Waals surface area (Å²) >= 11 is 12.4. The van der Waals surface area contributed by atoms with Crippen LogP contribution in [0.25, 0.3) is 11.3 Å². The summed E-state index contributed by atoms with van der Waals surface area (Å²) < 4.78 is 93.2. The summed E-state index contributed by atoms with van der Waals surface area (Å²) in [4.78, 5) is 66.4. The average Bonchev–Trinajstić information content (AvgIpc) is 1.95. The molecule has 0 saturated carbocycles. The SMILES string of the molecule is Cc1cn2nc([C@@H]3CCCCN3C(=O)c3cc(Cl)ccc3NS(C)(=O)=O)cc2nc1N1CC[C@H](N)C1.Cc1cn2nc([C@@H]3CCCCN3C(=O)c3cc(Cl)ccc3NS(C)(=O)=O)cc2nc1N1CC[C@H](NC(=O)OC(C)(C)C)C1.O=C(O)C(F)(F)F. The number of fused-ring (bicyclic) bond motifs is 2. The Labute approximate surface area is 505 Å². The van der Waals surface area contributed by atoms with E-state index in [2.05, 4.69) is 24.6 Å². The largest absolute Gasteiger partial charge is 0.490 e. The number of carboxylic acids is 1. The van der Waals surface area contributed by atoms with Crippen LogP contribution < -0.4 is 30.3 Å². The first-order chi connectivity index (χ1) is 40.2. The number of piperidine rings is 2. The normalized spacial score (nSPS) is 19.4. The number of nitrogens with two attached hydrogens (primary N) is 1. The number of amides is 3. The quantitative estimate of drug-likeness (QED) is 0.0817. The number of nitrogens with one attached hydrogen (secondary N) is 3. The van der Waals surface area contributed by atoms with Crippen molar-refractivity contribution in [3.05, 3.63) is 105 Å². The van der Waals surface area contributed by atoms with Gasteiger partial charge in [0.25, 0.3) is 11.8 Å². The molecule has 8 heterocycles. The molecule has 6 N–H and O–H groups in total. The van der Waals surface area contributed by atoms with Crippen LogP contribution in [0.5, 0.6) is 0 Å². The molecule has 4 aliphatic heterocycles. The summed E-state index contributed by atoms with van der Waals surface area (Å²) in [6.07, 6.45) is 7.18. The number of carboxylic acid groups (broad SMARTS) is 1. The van der Waals surface area contributed by atoms with Gasteiger partial charge in [-0.2, -0.15) is 23.4 Å². The lowest BCUT2D eigenvalue weighted by Gasteiger charge is -2.35. The van der Waals surface area contributed by atoms with E-state index >= 15 is 0 Å². The van der Waals surface area contributed by atoms with Crippen molar-refractivity contribution in [3.63, 3.8) is 0 Å². The molecule has 86 heavy (non-hydrogen) atoms. The van der Waals surface area contributed by atoms with Gasteiger partial charge in [-0.05, 0) is 122 Å². The molecule has 0 radical (unpaired) electrons. The molecule has 4 fully saturated rings. The fraction of sp³-hybridized carbons (Fsp3) is 0.491. The number of nitrogens with zero attached hydrogens (tertiary/aromatic N) is 10. The zero-order valence-corrected chi connectivity index (χ0v) is 51.5. The van der Waals surface area contributed by atoms with Crippen LogP contribution in [0.4, 0.5) is 41.0 Å². The van der Waals surface area contributed by atoms with Crippen molar-refractivity contribution in [3.8, 4) is 0 Å².